The molecule has 1 aromatic rings. The van der Waals surface area contributed by atoms with Crippen molar-refractivity contribution < 1.29 is 4.79 Å². The molecule has 7 nitrogen and oxygen atoms in total. The Kier molecular flexibility index (Phi) is 4.03. The lowest BCUT2D eigenvalue weighted by molar-refractivity contribution is -0.132. The summed E-state index contributed by atoms with van der Waals surface area (Å²) in [7, 11) is 0. The van der Waals surface area contributed by atoms with Gasteiger partial charge in [0.2, 0.25) is 5.91 Å². The Morgan fingerprint density at radius 3 is 2.88 bits per heavy atom. The van der Waals surface area contributed by atoms with Crippen LogP contribution in [0.25, 0.3) is 0 Å². The fraction of sp³-hybridized carbons (Fsp3) is 0.800. The minimum atomic E-state index is 0.184. The van der Waals surface area contributed by atoms with Crippen LogP contribution in [0, 0.1) is 0 Å². The standard InChI is InChI=1S/C10H18N6O/c1-2-9-12-13-14-16(9)6-3-10(17)15-7-4-11-5-8-15/h11H,2-8H2,1H3. The maximum atomic E-state index is 11.9. The third kappa shape index (κ3) is 3.00. The molecule has 1 aromatic heterocycles. The molecule has 0 aromatic carbocycles. The van der Waals surface area contributed by atoms with Gasteiger partial charge in [-0.05, 0) is 10.4 Å². The van der Waals surface area contributed by atoms with Crippen molar-refractivity contribution in [3.63, 3.8) is 0 Å². The molecule has 0 spiro atoms. The zero-order valence-electron chi connectivity index (χ0n) is 10.1. The van der Waals surface area contributed by atoms with Gasteiger partial charge in [0.05, 0.1) is 6.54 Å². The Hall–Kier alpha value is -1.50. The van der Waals surface area contributed by atoms with Gasteiger partial charge in [-0.3, -0.25) is 4.79 Å². The molecule has 7 heteroatoms. The summed E-state index contributed by atoms with van der Waals surface area (Å²) >= 11 is 0. The zero-order valence-corrected chi connectivity index (χ0v) is 10.1. The van der Waals surface area contributed by atoms with E-state index < -0.39 is 0 Å². The van der Waals surface area contributed by atoms with Crippen molar-refractivity contribution in [2.45, 2.75) is 26.3 Å². The molecule has 2 rings (SSSR count). The van der Waals surface area contributed by atoms with Crippen LogP contribution in [0.5, 0.6) is 0 Å². The highest BCUT2D eigenvalue weighted by Crippen LogP contribution is 2.00. The molecule has 94 valence electrons. The Morgan fingerprint density at radius 2 is 2.18 bits per heavy atom. The van der Waals surface area contributed by atoms with E-state index in [1.807, 2.05) is 11.8 Å². The first kappa shape index (κ1) is 12.0. The summed E-state index contributed by atoms with van der Waals surface area (Å²) in [5.41, 5.74) is 0. The Bertz CT molecular complexity index is 371. The summed E-state index contributed by atoms with van der Waals surface area (Å²) in [5, 5.41) is 14.6. The van der Waals surface area contributed by atoms with Gasteiger partial charge in [-0.15, -0.1) is 5.10 Å². The largest absolute Gasteiger partial charge is 0.340 e. The summed E-state index contributed by atoms with van der Waals surface area (Å²) in [4.78, 5) is 13.8. The number of nitrogens with one attached hydrogen (secondary N) is 1. The van der Waals surface area contributed by atoms with Crippen molar-refractivity contribution in [1.82, 2.24) is 30.4 Å². The summed E-state index contributed by atoms with van der Waals surface area (Å²) in [6, 6.07) is 0. The normalized spacial score (nSPS) is 16.2. The average Bonchev–Trinajstić information content (AvgIpc) is 2.84. The van der Waals surface area contributed by atoms with E-state index in [2.05, 4.69) is 20.8 Å². The molecular formula is C10H18N6O. The molecule has 0 radical (unpaired) electrons. The van der Waals surface area contributed by atoms with Crippen molar-refractivity contribution in [2.75, 3.05) is 26.2 Å². The first-order valence-electron chi connectivity index (χ1n) is 6.04. The highest BCUT2D eigenvalue weighted by molar-refractivity contribution is 5.76. The summed E-state index contributed by atoms with van der Waals surface area (Å²) in [5.74, 6) is 1.02. The molecule has 0 aliphatic carbocycles. The van der Waals surface area contributed by atoms with E-state index in [4.69, 9.17) is 0 Å². The van der Waals surface area contributed by atoms with E-state index in [1.54, 1.807) is 4.68 Å². The van der Waals surface area contributed by atoms with Gasteiger partial charge in [0.25, 0.3) is 0 Å². The molecule has 1 saturated heterocycles. The van der Waals surface area contributed by atoms with Gasteiger partial charge >= 0.3 is 0 Å². The minimum Gasteiger partial charge on any atom is -0.340 e. The van der Waals surface area contributed by atoms with Crippen molar-refractivity contribution in [3.05, 3.63) is 5.82 Å². The second-order valence-electron chi connectivity index (χ2n) is 4.05. The number of rotatable bonds is 4. The van der Waals surface area contributed by atoms with E-state index in [0.29, 0.717) is 13.0 Å². The second-order valence-corrected chi connectivity index (χ2v) is 4.05. The number of hydrogen-bond acceptors (Lipinski definition) is 5. The number of amides is 1. The molecule has 1 aliphatic heterocycles. The lowest BCUT2D eigenvalue weighted by Gasteiger charge is -2.27. The number of aromatic nitrogens is 4. The SMILES string of the molecule is CCc1nnnn1CCC(=O)N1CCNCC1. The van der Waals surface area contributed by atoms with Gasteiger partial charge in [0.15, 0.2) is 5.82 Å². The molecular weight excluding hydrogens is 220 g/mol. The Morgan fingerprint density at radius 1 is 1.41 bits per heavy atom. The Balaban J connectivity index is 1.83. The smallest absolute Gasteiger partial charge is 0.224 e. The van der Waals surface area contributed by atoms with Gasteiger partial charge in [-0.1, -0.05) is 6.92 Å². The lowest BCUT2D eigenvalue weighted by Crippen LogP contribution is -2.46. The van der Waals surface area contributed by atoms with E-state index >= 15 is 0 Å². The van der Waals surface area contributed by atoms with Crippen molar-refractivity contribution in [3.8, 4) is 0 Å². The van der Waals surface area contributed by atoms with E-state index in [9.17, 15) is 4.79 Å². The molecule has 1 aliphatic rings. The van der Waals surface area contributed by atoms with Crippen molar-refractivity contribution in [1.29, 1.82) is 0 Å². The quantitative estimate of drug-likeness (QED) is 0.732. The predicted octanol–water partition coefficient (Wildman–Crippen LogP) is -0.943. The first-order chi connectivity index (χ1) is 8.31. The van der Waals surface area contributed by atoms with E-state index in [0.717, 1.165) is 38.4 Å². The number of carbonyl (C=O) groups excluding carboxylic acids is 1. The summed E-state index contributed by atoms with van der Waals surface area (Å²) in [6.07, 6.45) is 1.26. The van der Waals surface area contributed by atoms with Crippen LogP contribution >= 0.6 is 0 Å². The van der Waals surface area contributed by atoms with Crippen LogP contribution < -0.4 is 5.32 Å². The van der Waals surface area contributed by atoms with Crippen LogP contribution in [-0.2, 0) is 17.8 Å². The molecule has 1 N–H and O–H groups in total. The summed E-state index contributed by atoms with van der Waals surface area (Å²) in [6.45, 7) is 5.94. The minimum absolute atomic E-state index is 0.184. The van der Waals surface area contributed by atoms with Crippen molar-refractivity contribution in [2.24, 2.45) is 0 Å². The lowest BCUT2D eigenvalue weighted by atomic mass is 10.3. The molecule has 0 bridgehead atoms. The van der Waals surface area contributed by atoms with E-state index in [1.165, 1.54) is 0 Å². The van der Waals surface area contributed by atoms with Crippen LogP contribution in [0.15, 0.2) is 0 Å². The van der Waals surface area contributed by atoms with E-state index in [-0.39, 0.29) is 5.91 Å². The second kappa shape index (κ2) is 5.72. The van der Waals surface area contributed by atoms with Crippen LogP contribution in [0.1, 0.15) is 19.2 Å². The molecule has 0 atom stereocenters. The van der Waals surface area contributed by atoms with Crippen LogP contribution in [0.2, 0.25) is 0 Å². The third-order valence-electron chi connectivity index (χ3n) is 2.93. The topological polar surface area (TPSA) is 75.9 Å². The number of nitrogens with zero attached hydrogens (tertiary/aromatic N) is 5. The molecule has 1 fully saturated rings. The highest BCUT2D eigenvalue weighted by atomic mass is 16.2. The maximum Gasteiger partial charge on any atom is 0.224 e. The fourth-order valence-electron chi connectivity index (χ4n) is 1.92. The van der Waals surface area contributed by atoms with Crippen molar-refractivity contribution >= 4 is 5.91 Å². The fourth-order valence-corrected chi connectivity index (χ4v) is 1.92. The van der Waals surface area contributed by atoms with Crippen LogP contribution in [0.4, 0.5) is 0 Å². The average molecular weight is 238 g/mol. The number of hydrogen-bond donors (Lipinski definition) is 1. The van der Waals surface area contributed by atoms with Gasteiger partial charge in [0, 0.05) is 39.0 Å². The Labute approximate surface area is 100 Å². The highest BCUT2D eigenvalue weighted by Gasteiger charge is 2.16. The number of aryl methyl sites for hydroxylation is 2. The molecule has 0 unspecified atom stereocenters. The monoisotopic (exact) mass is 238 g/mol. The molecule has 0 saturated carbocycles. The maximum absolute atomic E-state index is 11.9. The number of tetrazole rings is 1. The predicted molar refractivity (Wildman–Crippen MR) is 61.3 cm³/mol. The number of carbonyl (C=O) groups is 1. The molecule has 17 heavy (non-hydrogen) atoms. The molecule has 1 amide bonds. The van der Waals surface area contributed by atoms with Gasteiger partial charge in [-0.25, -0.2) is 4.68 Å². The van der Waals surface area contributed by atoms with Crippen LogP contribution in [-0.4, -0.2) is 57.2 Å². The van der Waals surface area contributed by atoms with Gasteiger partial charge in [0.1, 0.15) is 0 Å². The van der Waals surface area contributed by atoms with Gasteiger partial charge in [-0.2, -0.15) is 0 Å². The zero-order chi connectivity index (χ0) is 12.1. The van der Waals surface area contributed by atoms with Crippen LogP contribution in [0.3, 0.4) is 0 Å². The third-order valence-corrected chi connectivity index (χ3v) is 2.93. The summed E-state index contributed by atoms with van der Waals surface area (Å²) < 4.78 is 1.71. The van der Waals surface area contributed by atoms with Gasteiger partial charge < -0.3 is 10.2 Å². The first-order valence-corrected chi connectivity index (χ1v) is 6.04. The molecule has 2 heterocycles. The number of piperazine rings is 1.